The normalized spacial score (nSPS) is 13.6. The Hall–Kier alpha value is -12.7. The van der Waals surface area contributed by atoms with Gasteiger partial charge in [0.05, 0.1) is 22.7 Å². The van der Waals surface area contributed by atoms with E-state index in [1.165, 1.54) is 27.6 Å². The van der Waals surface area contributed by atoms with Crippen molar-refractivity contribution in [1.82, 2.24) is 0 Å². The summed E-state index contributed by atoms with van der Waals surface area (Å²) in [7, 11) is 0. The first-order valence-electron chi connectivity index (χ1n) is 37.6. The van der Waals surface area contributed by atoms with Crippen molar-refractivity contribution in [3.05, 3.63) is 343 Å². The highest BCUT2D eigenvalue weighted by molar-refractivity contribution is 7.05. The molecule has 0 saturated heterocycles. The van der Waals surface area contributed by atoms with Crippen LogP contribution in [0.2, 0.25) is 0 Å². The fraction of sp³-hybridized carbons (Fsp3) is 0.0816. The maximum atomic E-state index is 8.30. The van der Waals surface area contributed by atoms with E-state index in [0.717, 1.165) is 185 Å². The highest BCUT2D eigenvalue weighted by atomic mass is 16.5. The molecule has 6 aliphatic heterocycles. The van der Waals surface area contributed by atoms with Gasteiger partial charge in [0, 0.05) is 67.8 Å². The van der Waals surface area contributed by atoms with Crippen LogP contribution in [0.25, 0.3) is 44.5 Å². The minimum atomic E-state index is -0.521. The van der Waals surface area contributed by atoms with Crippen LogP contribution < -0.4 is 78.2 Å². The molecule has 6 heterocycles. The minimum absolute atomic E-state index is 0.229. The molecule has 0 atom stereocenters. The Morgan fingerprint density at radius 3 is 0.832 bits per heavy atom. The van der Waals surface area contributed by atoms with Gasteiger partial charge in [-0.3, -0.25) is 0 Å². The number of nitrogens with zero attached hydrogens (tertiary/aromatic N) is 4. The molecule has 107 heavy (non-hydrogen) atoms. The molecule has 0 aliphatic carbocycles. The zero-order valence-electron chi connectivity index (χ0n) is 60.9. The first-order chi connectivity index (χ1) is 52.4. The number of benzene rings is 15. The van der Waals surface area contributed by atoms with Crippen LogP contribution in [0.3, 0.4) is 0 Å². The van der Waals surface area contributed by atoms with Gasteiger partial charge in [-0.1, -0.05) is 263 Å². The number of anilines is 12. The summed E-state index contributed by atoms with van der Waals surface area (Å²) in [6.07, 6.45) is 0. The van der Waals surface area contributed by atoms with Crippen molar-refractivity contribution in [2.45, 2.75) is 53.9 Å². The molecule has 0 bridgehead atoms. The Balaban J connectivity index is 0.973. The van der Waals surface area contributed by atoms with Gasteiger partial charge in [-0.05, 0) is 205 Å². The van der Waals surface area contributed by atoms with Crippen LogP contribution in [-0.2, 0) is 5.41 Å². The molecule has 0 aromatic heterocycles. The predicted octanol–water partition coefficient (Wildman–Crippen LogP) is 19.8. The summed E-state index contributed by atoms with van der Waals surface area (Å²) in [5, 5.41) is 0. The van der Waals surface area contributed by atoms with Gasteiger partial charge in [0.25, 0.3) is 20.1 Å². The van der Waals surface area contributed by atoms with Crippen LogP contribution in [0.4, 0.5) is 68.2 Å². The van der Waals surface area contributed by atoms with Crippen molar-refractivity contribution in [2.24, 2.45) is 0 Å². The smallest absolute Gasteiger partial charge is 0.261 e. The van der Waals surface area contributed by atoms with Gasteiger partial charge in [0.1, 0.15) is 23.0 Å². The second-order valence-corrected chi connectivity index (χ2v) is 30.9. The Labute approximate surface area is 627 Å². The van der Waals surface area contributed by atoms with Crippen LogP contribution in [0.5, 0.6) is 23.0 Å². The Bertz CT molecular complexity index is 5870. The molecule has 0 saturated carbocycles. The average molecular weight is 1370 g/mol. The van der Waals surface area contributed by atoms with E-state index < -0.39 is 6.71 Å². The zero-order chi connectivity index (χ0) is 71.7. The summed E-state index contributed by atoms with van der Waals surface area (Å²) in [6.45, 7) is 15.0. The van der Waals surface area contributed by atoms with E-state index in [0.29, 0.717) is 0 Å². The summed E-state index contributed by atoms with van der Waals surface area (Å²) in [6, 6.07) is 118. The van der Waals surface area contributed by atoms with Gasteiger partial charge in [0.15, 0.2) is 0 Å². The first kappa shape index (κ1) is 62.8. The van der Waals surface area contributed by atoms with Crippen LogP contribution in [0.15, 0.2) is 315 Å². The lowest BCUT2D eigenvalue weighted by molar-refractivity contribution is 0.490. The lowest BCUT2D eigenvalue weighted by atomic mass is 9.28. The maximum Gasteiger partial charge on any atom is 0.261 e. The Kier molecular flexibility index (Phi) is 14.0. The van der Waals surface area contributed by atoms with Crippen LogP contribution in [-0.4, -0.2) is 20.1 Å². The van der Waals surface area contributed by atoms with Crippen molar-refractivity contribution in [3.8, 4) is 67.5 Å². The quantitative estimate of drug-likeness (QED) is 0.141. The molecule has 0 N–H and O–H groups in total. The molecular formula is C98H73B3N4O2. The van der Waals surface area contributed by atoms with E-state index in [4.69, 9.17) is 9.47 Å². The summed E-state index contributed by atoms with van der Waals surface area (Å²) in [5.74, 6) is 3.43. The van der Waals surface area contributed by atoms with E-state index in [2.05, 4.69) is 384 Å². The Morgan fingerprint density at radius 1 is 0.234 bits per heavy atom. The highest BCUT2D eigenvalue weighted by Gasteiger charge is 2.55. The number of fused-ring (bicyclic) bond motifs is 14. The molecule has 0 unspecified atom stereocenters. The van der Waals surface area contributed by atoms with Gasteiger partial charge in [-0.2, -0.15) is 0 Å². The van der Waals surface area contributed by atoms with E-state index >= 15 is 0 Å². The lowest BCUT2D eigenvalue weighted by Crippen LogP contribution is -2.67. The molecule has 0 fully saturated rings. The molecule has 6 nitrogen and oxygen atoms in total. The fourth-order valence-electron chi connectivity index (χ4n) is 18.5. The fourth-order valence-corrected chi connectivity index (χ4v) is 18.5. The van der Waals surface area contributed by atoms with Crippen LogP contribution >= 0.6 is 0 Å². The van der Waals surface area contributed by atoms with E-state index in [1.807, 2.05) is 0 Å². The molecule has 21 rings (SSSR count). The van der Waals surface area contributed by atoms with Gasteiger partial charge in [-0.15, -0.1) is 0 Å². The van der Waals surface area contributed by atoms with Crippen molar-refractivity contribution >= 4 is 138 Å². The van der Waals surface area contributed by atoms with Crippen molar-refractivity contribution in [3.63, 3.8) is 0 Å². The standard InChI is InChI=1S/C98H73B3N4O2/c1-60-44-48-73-81(52-60)102(77-40-24-20-36-69(77)64-28-12-8-13-29-64)85-58-87-94(96-92(85)99(73)75-50-46-62(3)54-89(75)106-96)101-91-83(104(87)79-42-26-22-38-71(79)66-32-16-10-17-33-66)56-68(98(5,6)7)57-84(91)105(80-43-27-23-39-72(80)67-34-18-11-19-35-67)88-59-86-93-97(95(88)101)107-90-55-63(4)47-51-76(90)100(93)74-49-45-61(2)53-82(74)103(86)78-41-25-21-37-70(78)65-30-14-9-15-31-65/h8-59H,1-7H3. The third-order valence-corrected chi connectivity index (χ3v) is 23.3. The topological polar surface area (TPSA) is 31.4 Å². The van der Waals surface area contributed by atoms with Gasteiger partial charge in [-0.25, -0.2) is 0 Å². The van der Waals surface area contributed by atoms with Crippen LogP contribution in [0.1, 0.15) is 48.6 Å². The molecule has 15 aromatic carbocycles. The van der Waals surface area contributed by atoms with Gasteiger partial charge >= 0.3 is 0 Å². The molecule has 6 aliphatic rings. The summed E-state index contributed by atoms with van der Waals surface area (Å²) >= 11 is 0. The summed E-state index contributed by atoms with van der Waals surface area (Å²) < 4.78 is 16.6. The molecule has 15 aromatic rings. The predicted molar refractivity (Wildman–Crippen MR) is 452 cm³/mol. The highest BCUT2D eigenvalue weighted by Crippen LogP contribution is 2.56. The number of para-hydroxylation sites is 4. The van der Waals surface area contributed by atoms with Gasteiger partial charge in [0.2, 0.25) is 0 Å². The van der Waals surface area contributed by atoms with E-state index in [1.54, 1.807) is 0 Å². The molecule has 9 heteroatoms. The summed E-state index contributed by atoms with van der Waals surface area (Å²) in [5.41, 5.74) is 37.7. The molecule has 0 radical (unpaired) electrons. The van der Waals surface area contributed by atoms with Crippen LogP contribution in [0, 0.1) is 27.7 Å². The number of hydrogen-bond donors (Lipinski definition) is 0. The molecule has 506 valence electrons. The van der Waals surface area contributed by atoms with Crippen molar-refractivity contribution < 1.29 is 9.47 Å². The Morgan fingerprint density at radius 2 is 0.505 bits per heavy atom. The average Bonchev–Trinajstić information content (AvgIpc) is 0.335. The third kappa shape index (κ3) is 9.55. The zero-order valence-corrected chi connectivity index (χ0v) is 60.9. The summed E-state index contributed by atoms with van der Waals surface area (Å²) in [4.78, 5) is 10.5. The minimum Gasteiger partial charge on any atom is -0.459 e. The van der Waals surface area contributed by atoms with Gasteiger partial charge < -0.3 is 29.1 Å². The second kappa shape index (κ2) is 23.9. The maximum absolute atomic E-state index is 8.30. The number of hydrogen-bond acceptors (Lipinski definition) is 6. The number of rotatable bonds is 8. The SMILES string of the molecule is Cc1ccc2c(c1)Oc1c3c(cc4c1B1c5c(cc(C(C)(C)C)cc5N(c5ccccc5-c5ccccc5)c5cc6c7c(c51)Oc1cc(C)ccc1B7c1ccc(C)cc1N6c1ccccc1-c1ccccc1)N4c1ccccc1-c1ccccc1)N(c1ccccc1-c1ccccc1)c1cc(C)ccc1B23. The second-order valence-electron chi connectivity index (χ2n) is 30.9. The molecule has 0 spiro atoms. The van der Waals surface area contributed by atoms with Crippen molar-refractivity contribution in [2.75, 3.05) is 19.6 Å². The first-order valence-corrected chi connectivity index (χ1v) is 37.6. The largest absolute Gasteiger partial charge is 0.459 e. The molecular weight excluding hydrogens is 1300 g/mol. The lowest BCUT2D eigenvalue weighted by Gasteiger charge is -2.50. The number of ether oxygens (including phenoxy) is 2. The number of aryl methyl sites for hydroxylation is 4. The third-order valence-electron chi connectivity index (χ3n) is 23.3. The van der Waals surface area contributed by atoms with E-state index in [-0.39, 0.29) is 18.8 Å². The monoisotopic (exact) mass is 1370 g/mol. The molecule has 0 amide bonds. The van der Waals surface area contributed by atoms with Crippen molar-refractivity contribution in [1.29, 1.82) is 0 Å². The van der Waals surface area contributed by atoms with E-state index in [9.17, 15) is 0 Å².